The van der Waals surface area contributed by atoms with Crippen molar-refractivity contribution in [1.29, 1.82) is 0 Å². The Bertz CT molecular complexity index is 281. The van der Waals surface area contributed by atoms with E-state index in [9.17, 15) is 0 Å². The summed E-state index contributed by atoms with van der Waals surface area (Å²) in [5.41, 5.74) is 0. The van der Waals surface area contributed by atoms with Crippen molar-refractivity contribution in [1.82, 2.24) is 0 Å². The van der Waals surface area contributed by atoms with Crippen molar-refractivity contribution in [2.24, 2.45) is 11.8 Å². The highest BCUT2D eigenvalue weighted by Gasteiger charge is 2.15. The van der Waals surface area contributed by atoms with Crippen molar-refractivity contribution in [2.75, 3.05) is 7.11 Å². The minimum atomic E-state index is 0.344. The molecule has 3 aliphatic carbocycles. The zero-order valence-corrected chi connectivity index (χ0v) is 7.10. The third-order valence-electron chi connectivity index (χ3n) is 2.22. The molecule has 2 bridgehead atoms. The van der Waals surface area contributed by atoms with Gasteiger partial charge in [0.1, 0.15) is 5.76 Å². The summed E-state index contributed by atoms with van der Waals surface area (Å²) in [5.74, 6) is 1.82. The molecule has 0 aliphatic heterocycles. The predicted molar refractivity (Wildman–Crippen MR) is 49.5 cm³/mol. The average molecular weight is 160 g/mol. The van der Waals surface area contributed by atoms with Gasteiger partial charge in [-0.3, -0.25) is 0 Å². The molecule has 0 fully saturated rings. The van der Waals surface area contributed by atoms with Gasteiger partial charge in [-0.25, -0.2) is 0 Å². The van der Waals surface area contributed by atoms with Crippen LogP contribution in [0.25, 0.3) is 0 Å². The molecule has 62 valence electrons. The monoisotopic (exact) mass is 160 g/mol. The van der Waals surface area contributed by atoms with Crippen LogP contribution < -0.4 is 0 Å². The number of rotatable bonds is 1. The summed E-state index contributed by atoms with van der Waals surface area (Å²) in [6.07, 6.45) is 15.0. The van der Waals surface area contributed by atoms with Gasteiger partial charge < -0.3 is 4.74 Å². The second-order valence-corrected chi connectivity index (χ2v) is 3.03. The number of methoxy groups -OCH3 is 1. The van der Waals surface area contributed by atoms with Crippen LogP contribution in [0.5, 0.6) is 0 Å². The van der Waals surface area contributed by atoms with Crippen LogP contribution >= 0.6 is 0 Å². The van der Waals surface area contributed by atoms with Crippen molar-refractivity contribution >= 4 is 0 Å². The molecule has 12 heavy (non-hydrogen) atoms. The van der Waals surface area contributed by atoms with Gasteiger partial charge in [0, 0.05) is 5.92 Å². The molecule has 0 amide bonds. The van der Waals surface area contributed by atoms with Crippen molar-refractivity contribution in [3.05, 3.63) is 48.3 Å². The minimum absolute atomic E-state index is 0.344. The van der Waals surface area contributed by atoms with Gasteiger partial charge in [-0.15, -0.1) is 0 Å². The second kappa shape index (κ2) is 3.02. The third kappa shape index (κ3) is 1.22. The molecule has 0 aromatic rings. The number of fused-ring (bicyclic) bond motifs is 1. The third-order valence-corrected chi connectivity index (χ3v) is 2.22. The molecule has 0 saturated carbocycles. The molecule has 0 spiro atoms. The Labute approximate surface area is 72.7 Å². The largest absolute Gasteiger partial charge is 0.500 e. The normalized spacial score (nSPS) is 31.2. The highest BCUT2D eigenvalue weighted by molar-refractivity contribution is 5.31. The lowest BCUT2D eigenvalue weighted by molar-refractivity contribution is 0.264. The first-order valence-electron chi connectivity index (χ1n) is 4.19. The highest BCUT2D eigenvalue weighted by Crippen LogP contribution is 2.26. The molecule has 1 nitrogen and oxygen atoms in total. The number of ether oxygens (including phenoxy) is 1. The van der Waals surface area contributed by atoms with E-state index in [0.29, 0.717) is 11.8 Å². The Morgan fingerprint density at radius 1 is 1.08 bits per heavy atom. The molecule has 0 heterocycles. The van der Waals surface area contributed by atoms with E-state index in [1.165, 1.54) is 0 Å². The van der Waals surface area contributed by atoms with Crippen LogP contribution in [0.1, 0.15) is 0 Å². The Morgan fingerprint density at radius 2 is 1.92 bits per heavy atom. The smallest absolute Gasteiger partial charge is 0.103 e. The van der Waals surface area contributed by atoms with Gasteiger partial charge in [0.05, 0.1) is 13.0 Å². The fourth-order valence-electron chi connectivity index (χ4n) is 1.56. The van der Waals surface area contributed by atoms with Gasteiger partial charge in [-0.05, 0) is 6.08 Å². The van der Waals surface area contributed by atoms with E-state index in [0.717, 1.165) is 5.76 Å². The Hall–Kier alpha value is -1.24. The Morgan fingerprint density at radius 3 is 2.75 bits per heavy atom. The van der Waals surface area contributed by atoms with E-state index >= 15 is 0 Å². The first-order valence-corrected chi connectivity index (χ1v) is 4.19. The molecular weight excluding hydrogens is 148 g/mol. The van der Waals surface area contributed by atoms with Gasteiger partial charge in [0.25, 0.3) is 0 Å². The van der Waals surface area contributed by atoms with Gasteiger partial charge in [0.2, 0.25) is 0 Å². The fraction of sp³-hybridized carbons (Fsp3) is 0.273. The summed E-state index contributed by atoms with van der Waals surface area (Å²) >= 11 is 0. The van der Waals surface area contributed by atoms with E-state index in [1.807, 2.05) is 0 Å². The zero-order valence-electron chi connectivity index (χ0n) is 7.10. The lowest BCUT2D eigenvalue weighted by Gasteiger charge is -2.20. The molecular formula is C11H12O. The Kier molecular flexibility index (Phi) is 1.86. The summed E-state index contributed by atoms with van der Waals surface area (Å²) in [6, 6.07) is 0. The SMILES string of the molecule is COC1=C[C@@H]2C=CC=C[C@H]1C=C2. The van der Waals surface area contributed by atoms with Crippen LogP contribution in [0.4, 0.5) is 0 Å². The summed E-state index contributed by atoms with van der Waals surface area (Å²) in [7, 11) is 1.73. The van der Waals surface area contributed by atoms with Crippen LogP contribution in [-0.2, 0) is 4.74 Å². The van der Waals surface area contributed by atoms with Crippen LogP contribution in [0.3, 0.4) is 0 Å². The molecule has 2 atom stereocenters. The maximum absolute atomic E-state index is 5.29. The lowest BCUT2D eigenvalue weighted by Crippen LogP contribution is -2.08. The molecule has 1 heteroatoms. The second-order valence-electron chi connectivity index (χ2n) is 3.03. The molecule has 0 aromatic carbocycles. The quantitative estimate of drug-likeness (QED) is 0.535. The van der Waals surface area contributed by atoms with Gasteiger partial charge in [-0.1, -0.05) is 36.5 Å². The first-order chi connectivity index (χ1) is 5.90. The van der Waals surface area contributed by atoms with Crippen molar-refractivity contribution < 1.29 is 4.74 Å². The summed E-state index contributed by atoms with van der Waals surface area (Å²) in [4.78, 5) is 0. The maximum Gasteiger partial charge on any atom is 0.103 e. The molecule has 0 saturated heterocycles. The van der Waals surface area contributed by atoms with E-state index < -0.39 is 0 Å². The predicted octanol–water partition coefficient (Wildman–Crippen LogP) is 2.44. The van der Waals surface area contributed by atoms with E-state index in [4.69, 9.17) is 4.74 Å². The number of hydrogen-bond donors (Lipinski definition) is 0. The van der Waals surface area contributed by atoms with E-state index in [-0.39, 0.29) is 0 Å². The maximum atomic E-state index is 5.29. The molecule has 0 aromatic heterocycles. The summed E-state index contributed by atoms with van der Waals surface area (Å²) in [6.45, 7) is 0. The first kappa shape index (κ1) is 7.41. The van der Waals surface area contributed by atoms with Crippen molar-refractivity contribution in [2.45, 2.75) is 0 Å². The topological polar surface area (TPSA) is 9.23 Å². The van der Waals surface area contributed by atoms with Crippen molar-refractivity contribution in [3.8, 4) is 0 Å². The molecule has 0 N–H and O–H groups in total. The highest BCUT2D eigenvalue weighted by atomic mass is 16.5. The van der Waals surface area contributed by atoms with Crippen LogP contribution in [-0.4, -0.2) is 7.11 Å². The minimum Gasteiger partial charge on any atom is -0.500 e. The van der Waals surface area contributed by atoms with Crippen LogP contribution in [0.15, 0.2) is 48.3 Å². The number of hydrogen-bond acceptors (Lipinski definition) is 1. The molecule has 3 rings (SSSR count). The standard InChI is InChI=1S/C11H12O/c1-12-11-8-9-4-2-3-5-10(11)7-6-9/h2-10H,1H3/t9-,10+/m1/s1. The van der Waals surface area contributed by atoms with Gasteiger partial charge in [-0.2, -0.15) is 0 Å². The molecule has 0 radical (unpaired) electrons. The lowest BCUT2D eigenvalue weighted by atomic mass is 9.91. The molecule has 0 unspecified atom stereocenters. The molecule has 3 aliphatic rings. The zero-order chi connectivity index (χ0) is 8.39. The van der Waals surface area contributed by atoms with Crippen molar-refractivity contribution in [3.63, 3.8) is 0 Å². The summed E-state index contributed by atoms with van der Waals surface area (Å²) in [5, 5.41) is 0. The fourth-order valence-corrected chi connectivity index (χ4v) is 1.56. The summed E-state index contributed by atoms with van der Waals surface area (Å²) < 4.78 is 5.29. The average Bonchev–Trinajstić information content (AvgIpc) is 2.05. The number of allylic oxidation sites excluding steroid dienone is 6. The van der Waals surface area contributed by atoms with Crippen LogP contribution in [0.2, 0.25) is 0 Å². The van der Waals surface area contributed by atoms with Crippen LogP contribution in [0, 0.1) is 11.8 Å². The Balaban J connectivity index is 2.37. The van der Waals surface area contributed by atoms with Gasteiger partial charge >= 0.3 is 0 Å². The van der Waals surface area contributed by atoms with Gasteiger partial charge in [0.15, 0.2) is 0 Å². The van der Waals surface area contributed by atoms with E-state index in [1.54, 1.807) is 7.11 Å². The van der Waals surface area contributed by atoms with E-state index in [2.05, 4.69) is 42.5 Å².